The third-order valence-electron chi connectivity index (χ3n) is 4.15. The van der Waals surface area contributed by atoms with Gasteiger partial charge in [-0.05, 0) is 44.3 Å². The summed E-state index contributed by atoms with van der Waals surface area (Å²) in [6.45, 7) is 0.417. The maximum atomic E-state index is 12.5. The standard InChI is InChI=1S/C19H23ClN2O3S/c1-22(2)15(11-14-7-5-4-6-8-14)13-21-19(23)17-12-16(26(3,24)25)9-10-18(17)20/h4-10,12,15H,11,13H2,1-3H3,(H,21,23). The number of rotatable bonds is 7. The van der Waals surface area contributed by atoms with E-state index >= 15 is 0 Å². The van der Waals surface area contributed by atoms with Crippen molar-refractivity contribution >= 4 is 27.3 Å². The van der Waals surface area contributed by atoms with E-state index in [1.165, 1.54) is 23.8 Å². The second kappa shape index (κ2) is 8.66. The molecule has 0 saturated heterocycles. The van der Waals surface area contributed by atoms with Crippen molar-refractivity contribution in [3.05, 3.63) is 64.7 Å². The minimum Gasteiger partial charge on any atom is -0.350 e. The van der Waals surface area contributed by atoms with Crippen LogP contribution in [0.1, 0.15) is 15.9 Å². The maximum Gasteiger partial charge on any atom is 0.252 e. The number of carbonyl (C=O) groups is 1. The Bertz CT molecular complexity index is 868. The Kier molecular flexibility index (Phi) is 6.81. The normalized spacial score (nSPS) is 12.8. The van der Waals surface area contributed by atoms with Gasteiger partial charge in [0, 0.05) is 18.8 Å². The summed E-state index contributed by atoms with van der Waals surface area (Å²) in [5.41, 5.74) is 1.34. The van der Waals surface area contributed by atoms with Crippen LogP contribution in [0.5, 0.6) is 0 Å². The van der Waals surface area contributed by atoms with Crippen molar-refractivity contribution in [3.63, 3.8) is 0 Å². The fourth-order valence-corrected chi connectivity index (χ4v) is 3.39. The van der Waals surface area contributed by atoms with Gasteiger partial charge in [0.1, 0.15) is 0 Å². The minimum atomic E-state index is -3.41. The highest BCUT2D eigenvalue weighted by molar-refractivity contribution is 7.90. The molecule has 0 bridgehead atoms. The van der Waals surface area contributed by atoms with Gasteiger partial charge < -0.3 is 10.2 Å². The highest BCUT2D eigenvalue weighted by atomic mass is 35.5. The summed E-state index contributed by atoms with van der Waals surface area (Å²) >= 11 is 6.08. The second-order valence-electron chi connectivity index (χ2n) is 6.43. The van der Waals surface area contributed by atoms with E-state index in [1.54, 1.807) is 0 Å². The van der Waals surface area contributed by atoms with Gasteiger partial charge in [0.15, 0.2) is 9.84 Å². The van der Waals surface area contributed by atoms with E-state index in [4.69, 9.17) is 11.6 Å². The molecule has 2 aromatic rings. The number of hydrogen-bond donors (Lipinski definition) is 1. The first-order valence-corrected chi connectivity index (χ1v) is 10.4. The van der Waals surface area contributed by atoms with Crippen LogP contribution in [-0.2, 0) is 16.3 Å². The van der Waals surface area contributed by atoms with Crippen LogP contribution < -0.4 is 5.32 Å². The summed E-state index contributed by atoms with van der Waals surface area (Å²) in [7, 11) is 0.503. The first-order valence-electron chi connectivity index (χ1n) is 8.16. The molecule has 1 N–H and O–H groups in total. The van der Waals surface area contributed by atoms with Crippen molar-refractivity contribution in [1.29, 1.82) is 0 Å². The monoisotopic (exact) mass is 394 g/mol. The lowest BCUT2D eigenvalue weighted by atomic mass is 10.0. The van der Waals surface area contributed by atoms with Crippen LogP contribution in [0, 0.1) is 0 Å². The fraction of sp³-hybridized carbons (Fsp3) is 0.316. The number of benzene rings is 2. The molecule has 0 radical (unpaired) electrons. The van der Waals surface area contributed by atoms with Crippen LogP contribution in [0.4, 0.5) is 0 Å². The molecule has 5 nitrogen and oxygen atoms in total. The number of carbonyl (C=O) groups excluding carboxylic acids is 1. The van der Waals surface area contributed by atoms with Crippen molar-refractivity contribution in [2.45, 2.75) is 17.4 Å². The van der Waals surface area contributed by atoms with Gasteiger partial charge in [0.25, 0.3) is 5.91 Å². The summed E-state index contributed by atoms with van der Waals surface area (Å²) in [4.78, 5) is 14.6. The smallest absolute Gasteiger partial charge is 0.252 e. The molecule has 2 rings (SSSR count). The number of halogens is 1. The first-order chi connectivity index (χ1) is 12.2. The molecule has 1 unspecified atom stereocenters. The van der Waals surface area contributed by atoms with E-state index in [9.17, 15) is 13.2 Å². The minimum absolute atomic E-state index is 0.0699. The zero-order chi connectivity index (χ0) is 19.3. The number of likely N-dealkylation sites (N-methyl/N-ethyl adjacent to an activating group) is 1. The average molecular weight is 395 g/mol. The van der Waals surface area contributed by atoms with Crippen LogP contribution in [0.25, 0.3) is 0 Å². The van der Waals surface area contributed by atoms with Crippen molar-refractivity contribution in [3.8, 4) is 0 Å². The van der Waals surface area contributed by atoms with Crippen LogP contribution in [0.15, 0.2) is 53.4 Å². The third-order valence-corrected chi connectivity index (χ3v) is 5.59. The fourth-order valence-electron chi connectivity index (χ4n) is 2.54. The van der Waals surface area contributed by atoms with Crippen molar-refractivity contribution < 1.29 is 13.2 Å². The van der Waals surface area contributed by atoms with Gasteiger partial charge in [-0.1, -0.05) is 41.9 Å². The molecule has 2 aromatic carbocycles. The predicted molar refractivity (Wildman–Crippen MR) is 105 cm³/mol. The topological polar surface area (TPSA) is 66.5 Å². The molecule has 7 heteroatoms. The Morgan fingerprint density at radius 2 is 1.81 bits per heavy atom. The van der Waals surface area contributed by atoms with Crippen molar-refractivity contribution in [2.24, 2.45) is 0 Å². The van der Waals surface area contributed by atoms with E-state index in [-0.39, 0.29) is 27.4 Å². The summed E-state index contributed by atoms with van der Waals surface area (Å²) < 4.78 is 23.4. The van der Waals surface area contributed by atoms with Gasteiger partial charge in [-0.15, -0.1) is 0 Å². The molecular formula is C19H23ClN2O3S. The Labute approximate surface area is 159 Å². The molecule has 0 spiro atoms. The number of nitrogens with one attached hydrogen (secondary N) is 1. The summed E-state index contributed by atoms with van der Waals surface area (Å²) in [5.74, 6) is -0.389. The van der Waals surface area contributed by atoms with Crippen molar-refractivity contribution in [2.75, 3.05) is 26.9 Å². The lowest BCUT2D eigenvalue weighted by Crippen LogP contribution is -2.41. The van der Waals surface area contributed by atoms with E-state index in [2.05, 4.69) is 5.32 Å². The van der Waals surface area contributed by atoms with Gasteiger partial charge in [0.2, 0.25) is 0 Å². The maximum absolute atomic E-state index is 12.5. The molecule has 0 aromatic heterocycles. The Hall–Kier alpha value is -1.89. The molecular weight excluding hydrogens is 372 g/mol. The highest BCUT2D eigenvalue weighted by Gasteiger charge is 2.18. The van der Waals surface area contributed by atoms with Gasteiger partial charge in [-0.25, -0.2) is 8.42 Å². The predicted octanol–water partition coefficient (Wildman–Crippen LogP) is 2.65. The summed E-state index contributed by atoms with van der Waals surface area (Å²) in [6.07, 6.45) is 1.88. The Morgan fingerprint density at radius 1 is 1.15 bits per heavy atom. The van der Waals surface area contributed by atoms with Crippen molar-refractivity contribution in [1.82, 2.24) is 10.2 Å². The quantitative estimate of drug-likeness (QED) is 0.784. The average Bonchev–Trinajstić information content (AvgIpc) is 2.58. The molecule has 0 aliphatic heterocycles. The van der Waals surface area contributed by atoms with E-state index in [0.29, 0.717) is 6.54 Å². The molecule has 26 heavy (non-hydrogen) atoms. The van der Waals surface area contributed by atoms with Crippen LogP contribution in [0.2, 0.25) is 5.02 Å². The molecule has 0 saturated carbocycles. The van der Waals surface area contributed by atoms with Gasteiger partial charge in [-0.2, -0.15) is 0 Å². The zero-order valence-electron chi connectivity index (χ0n) is 15.1. The highest BCUT2D eigenvalue weighted by Crippen LogP contribution is 2.20. The number of amides is 1. The second-order valence-corrected chi connectivity index (χ2v) is 8.85. The summed E-state index contributed by atoms with van der Waals surface area (Å²) in [6, 6.07) is 14.3. The van der Waals surface area contributed by atoms with Gasteiger partial charge in [-0.3, -0.25) is 4.79 Å². The Morgan fingerprint density at radius 3 is 2.38 bits per heavy atom. The van der Waals surface area contributed by atoms with E-state index in [1.807, 2.05) is 49.3 Å². The molecule has 1 amide bonds. The van der Waals surface area contributed by atoms with E-state index in [0.717, 1.165) is 12.7 Å². The molecule has 0 heterocycles. The lowest BCUT2D eigenvalue weighted by Gasteiger charge is -2.25. The molecule has 140 valence electrons. The van der Waals surface area contributed by atoms with Gasteiger partial charge >= 0.3 is 0 Å². The third kappa shape index (κ3) is 5.56. The van der Waals surface area contributed by atoms with Crippen LogP contribution in [0.3, 0.4) is 0 Å². The van der Waals surface area contributed by atoms with Crippen LogP contribution >= 0.6 is 11.6 Å². The van der Waals surface area contributed by atoms with Gasteiger partial charge in [0.05, 0.1) is 15.5 Å². The number of nitrogens with zero attached hydrogens (tertiary/aromatic N) is 1. The zero-order valence-corrected chi connectivity index (χ0v) is 16.6. The molecule has 1 atom stereocenters. The first kappa shape index (κ1) is 20.4. The molecule has 0 aliphatic rings. The largest absolute Gasteiger partial charge is 0.350 e. The van der Waals surface area contributed by atoms with Crippen LogP contribution in [-0.4, -0.2) is 52.2 Å². The number of hydrogen-bond acceptors (Lipinski definition) is 4. The number of sulfone groups is 1. The lowest BCUT2D eigenvalue weighted by molar-refractivity contribution is 0.0941. The summed E-state index contributed by atoms with van der Waals surface area (Å²) in [5, 5.41) is 3.08. The van der Waals surface area contributed by atoms with E-state index < -0.39 is 9.84 Å². The SMILES string of the molecule is CN(C)C(CNC(=O)c1cc(S(C)(=O)=O)ccc1Cl)Cc1ccccc1. The molecule has 0 fully saturated rings. The molecule has 0 aliphatic carbocycles. The Balaban J connectivity index is 2.11.